The van der Waals surface area contributed by atoms with Crippen LogP contribution < -0.4 is 11.1 Å². The third kappa shape index (κ3) is 2.73. The van der Waals surface area contributed by atoms with Crippen molar-refractivity contribution in [1.82, 2.24) is 5.32 Å². The second-order valence-electron chi connectivity index (χ2n) is 3.67. The van der Waals surface area contributed by atoms with Crippen molar-refractivity contribution in [2.24, 2.45) is 11.7 Å². The summed E-state index contributed by atoms with van der Waals surface area (Å²) in [6.07, 6.45) is 1.60. The van der Waals surface area contributed by atoms with E-state index in [9.17, 15) is 0 Å². The van der Waals surface area contributed by atoms with E-state index < -0.39 is 0 Å². The number of rotatable bonds is 4. The molecule has 3 heteroatoms. The molecule has 0 amide bonds. The van der Waals surface area contributed by atoms with Gasteiger partial charge in [0, 0.05) is 25.7 Å². The Labute approximate surface area is 74.7 Å². The van der Waals surface area contributed by atoms with Crippen molar-refractivity contribution >= 4 is 0 Å². The molecule has 0 saturated carbocycles. The smallest absolute Gasteiger partial charge is 0.0588 e. The van der Waals surface area contributed by atoms with Crippen LogP contribution in [0.15, 0.2) is 0 Å². The van der Waals surface area contributed by atoms with E-state index >= 15 is 0 Å². The topological polar surface area (TPSA) is 47.3 Å². The highest BCUT2D eigenvalue weighted by Crippen LogP contribution is 2.19. The third-order valence-electron chi connectivity index (χ3n) is 2.62. The molecule has 3 N–H and O–H groups in total. The van der Waals surface area contributed by atoms with Crippen LogP contribution in [0, 0.1) is 5.92 Å². The van der Waals surface area contributed by atoms with Gasteiger partial charge in [-0.1, -0.05) is 0 Å². The van der Waals surface area contributed by atoms with Gasteiger partial charge in [0.25, 0.3) is 0 Å². The molecule has 0 aromatic rings. The molecule has 0 aromatic carbocycles. The zero-order chi connectivity index (χ0) is 8.97. The molecule has 1 fully saturated rings. The summed E-state index contributed by atoms with van der Waals surface area (Å²) < 4.78 is 5.46. The lowest BCUT2D eigenvalue weighted by Gasteiger charge is -2.17. The van der Waals surface area contributed by atoms with E-state index in [2.05, 4.69) is 19.2 Å². The molecule has 12 heavy (non-hydrogen) atoms. The van der Waals surface area contributed by atoms with Gasteiger partial charge in [0.15, 0.2) is 0 Å². The van der Waals surface area contributed by atoms with Gasteiger partial charge in [-0.15, -0.1) is 0 Å². The summed E-state index contributed by atoms with van der Waals surface area (Å²) in [7, 11) is 0. The summed E-state index contributed by atoms with van der Waals surface area (Å²) in [6, 6.07) is 0.429. The molecule has 3 nitrogen and oxygen atoms in total. The molecule has 3 atom stereocenters. The van der Waals surface area contributed by atoms with Crippen LogP contribution in [0.3, 0.4) is 0 Å². The predicted octanol–water partition coefficient (Wildman–Crippen LogP) is 0.348. The first-order valence-electron chi connectivity index (χ1n) is 4.79. The molecular formula is C9H20N2O. The zero-order valence-corrected chi connectivity index (χ0v) is 8.05. The molecule has 1 heterocycles. The van der Waals surface area contributed by atoms with Gasteiger partial charge in [-0.25, -0.2) is 0 Å². The minimum Gasteiger partial charge on any atom is -0.378 e. The van der Waals surface area contributed by atoms with Gasteiger partial charge in [-0.05, 0) is 26.2 Å². The number of hydrogen-bond acceptors (Lipinski definition) is 3. The lowest BCUT2D eigenvalue weighted by Crippen LogP contribution is -2.37. The SMILES string of the molecule is CC1OCCC1CN[C@@H](C)CN. The van der Waals surface area contributed by atoms with Crippen molar-refractivity contribution in [2.75, 3.05) is 19.7 Å². The molecule has 1 aliphatic heterocycles. The molecule has 0 aliphatic carbocycles. The van der Waals surface area contributed by atoms with E-state index in [0.717, 1.165) is 13.2 Å². The fourth-order valence-electron chi connectivity index (χ4n) is 1.48. The average molecular weight is 172 g/mol. The van der Waals surface area contributed by atoms with Gasteiger partial charge in [0.1, 0.15) is 0 Å². The minimum atomic E-state index is 0.419. The maximum absolute atomic E-state index is 5.50. The molecule has 0 aromatic heterocycles. The zero-order valence-electron chi connectivity index (χ0n) is 8.05. The van der Waals surface area contributed by atoms with Crippen molar-refractivity contribution in [3.63, 3.8) is 0 Å². The first kappa shape index (κ1) is 9.96. The molecule has 0 bridgehead atoms. The molecule has 0 radical (unpaired) electrons. The first-order valence-corrected chi connectivity index (χ1v) is 4.79. The Morgan fingerprint density at radius 1 is 1.67 bits per heavy atom. The van der Waals surface area contributed by atoms with Crippen molar-refractivity contribution in [3.05, 3.63) is 0 Å². The molecule has 1 aliphatic rings. The summed E-state index contributed by atoms with van der Waals surface area (Å²) in [5, 5.41) is 3.40. The van der Waals surface area contributed by atoms with Crippen LogP contribution in [0.4, 0.5) is 0 Å². The highest BCUT2D eigenvalue weighted by atomic mass is 16.5. The Morgan fingerprint density at radius 3 is 2.92 bits per heavy atom. The monoisotopic (exact) mass is 172 g/mol. The van der Waals surface area contributed by atoms with Crippen molar-refractivity contribution < 1.29 is 4.74 Å². The van der Waals surface area contributed by atoms with E-state index in [1.807, 2.05) is 0 Å². The van der Waals surface area contributed by atoms with Gasteiger partial charge in [0.05, 0.1) is 6.10 Å². The fourth-order valence-corrected chi connectivity index (χ4v) is 1.48. The second kappa shape index (κ2) is 4.80. The number of ether oxygens (including phenoxy) is 1. The quantitative estimate of drug-likeness (QED) is 0.643. The fraction of sp³-hybridized carbons (Fsp3) is 1.00. The third-order valence-corrected chi connectivity index (χ3v) is 2.62. The van der Waals surface area contributed by atoms with Crippen LogP contribution >= 0.6 is 0 Å². The van der Waals surface area contributed by atoms with Gasteiger partial charge in [-0.3, -0.25) is 0 Å². The highest BCUT2D eigenvalue weighted by Gasteiger charge is 2.23. The van der Waals surface area contributed by atoms with E-state index in [1.165, 1.54) is 6.42 Å². The average Bonchev–Trinajstić information content (AvgIpc) is 2.47. The Kier molecular flexibility index (Phi) is 3.98. The maximum Gasteiger partial charge on any atom is 0.0588 e. The van der Waals surface area contributed by atoms with E-state index in [4.69, 9.17) is 10.5 Å². The summed E-state index contributed by atoms with van der Waals surface area (Å²) in [5.74, 6) is 0.680. The lowest BCUT2D eigenvalue weighted by atomic mass is 10.0. The normalized spacial score (nSPS) is 32.2. The predicted molar refractivity (Wildman–Crippen MR) is 50.0 cm³/mol. The summed E-state index contributed by atoms with van der Waals surface area (Å²) >= 11 is 0. The highest BCUT2D eigenvalue weighted by molar-refractivity contribution is 4.76. The summed E-state index contributed by atoms with van der Waals surface area (Å²) in [6.45, 7) is 6.93. The molecule has 1 saturated heterocycles. The Morgan fingerprint density at radius 2 is 2.42 bits per heavy atom. The number of nitrogens with one attached hydrogen (secondary N) is 1. The van der Waals surface area contributed by atoms with E-state index in [-0.39, 0.29) is 0 Å². The molecule has 2 unspecified atom stereocenters. The van der Waals surface area contributed by atoms with Gasteiger partial charge < -0.3 is 15.8 Å². The Balaban J connectivity index is 2.13. The summed E-state index contributed by atoms with van der Waals surface area (Å²) in [4.78, 5) is 0. The largest absolute Gasteiger partial charge is 0.378 e. The number of hydrogen-bond donors (Lipinski definition) is 2. The van der Waals surface area contributed by atoms with Crippen molar-refractivity contribution in [3.8, 4) is 0 Å². The maximum atomic E-state index is 5.50. The van der Waals surface area contributed by atoms with Gasteiger partial charge in [-0.2, -0.15) is 0 Å². The van der Waals surface area contributed by atoms with E-state index in [0.29, 0.717) is 24.6 Å². The second-order valence-corrected chi connectivity index (χ2v) is 3.67. The first-order chi connectivity index (χ1) is 5.74. The molecular weight excluding hydrogens is 152 g/mol. The van der Waals surface area contributed by atoms with Crippen molar-refractivity contribution in [1.29, 1.82) is 0 Å². The lowest BCUT2D eigenvalue weighted by molar-refractivity contribution is 0.105. The number of nitrogens with two attached hydrogens (primary N) is 1. The van der Waals surface area contributed by atoms with Crippen LogP contribution in [0.5, 0.6) is 0 Å². The molecule has 0 spiro atoms. The van der Waals surface area contributed by atoms with Crippen LogP contribution in [0.1, 0.15) is 20.3 Å². The van der Waals surface area contributed by atoms with Crippen LogP contribution in [0.25, 0.3) is 0 Å². The van der Waals surface area contributed by atoms with Crippen LogP contribution in [-0.2, 0) is 4.74 Å². The Bertz CT molecular complexity index is 130. The van der Waals surface area contributed by atoms with E-state index in [1.54, 1.807) is 0 Å². The van der Waals surface area contributed by atoms with Crippen molar-refractivity contribution in [2.45, 2.75) is 32.4 Å². The van der Waals surface area contributed by atoms with Gasteiger partial charge in [0.2, 0.25) is 0 Å². The summed E-state index contributed by atoms with van der Waals surface area (Å²) in [5.41, 5.74) is 5.50. The molecule has 1 rings (SSSR count). The van der Waals surface area contributed by atoms with Gasteiger partial charge >= 0.3 is 0 Å². The standard InChI is InChI=1S/C9H20N2O/c1-7(5-10)11-6-9-3-4-12-8(9)2/h7-9,11H,3-6,10H2,1-2H3/t7-,8?,9?/m0/s1. The van der Waals surface area contributed by atoms with Crippen LogP contribution in [0.2, 0.25) is 0 Å². The molecule has 72 valence electrons. The minimum absolute atomic E-state index is 0.419. The van der Waals surface area contributed by atoms with Crippen LogP contribution in [-0.4, -0.2) is 31.8 Å². The Hall–Kier alpha value is -0.120.